The number of hydrogen-bond acceptors (Lipinski definition) is 7. The quantitative estimate of drug-likeness (QED) is 0.134. The summed E-state index contributed by atoms with van der Waals surface area (Å²) in [7, 11) is 0. The van der Waals surface area contributed by atoms with E-state index in [1.165, 1.54) is 18.3 Å². The lowest BCUT2D eigenvalue weighted by molar-refractivity contribution is -0.139. The lowest BCUT2D eigenvalue weighted by atomic mass is 9.95. The highest BCUT2D eigenvalue weighted by Crippen LogP contribution is 2.33. The number of rotatable bonds is 11. The Morgan fingerprint density at radius 1 is 1.07 bits per heavy atom. The van der Waals surface area contributed by atoms with E-state index >= 15 is 0 Å². The molecule has 0 aliphatic carbocycles. The molecule has 0 saturated carbocycles. The van der Waals surface area contributed by atoms with Crippen LogP contribution < -0.4 is 25.5 Å². The van der Waals surface area contributed by atoms with Gasteiger partial charge in [-0.25, -0.2) is 14.6 Å². The molecule has 1 aliphatic rings. The van der Waals surface area contributed by atoms with Gasteiger partial charge in [-0.05, 0) is 67.5 Å². The minimum Gasteiger partial charge on any atom is -0.489 e. The van der Waals surface area contributed by atoms with Gasteiger partial charge in [0.05, 0.1) is 24.4 Å². The van der Waals surface area contributed by atoms with Crippen LogP contribution in [0.3, 0.4) is 0 Å². The second kappa shape index (κ2) is 14.0. The second-order valence-electron chi connectivity index (χ2n) is 8.90. The maximum absolute atomic E-state index is 13.1. The molecule has 0 radical (unpaired) electrons. The molecule has 3 aromatic rings. The average molecular weight is 577 g/mol. The van der Waals surface area contributed by atoms with Crippen molar-refractivity contribution < 1.29 is 28.2 Å². The van der Waals surface area contributed by atoms with Crippen molar-refractivity contribution in [1.29, 1.82) is 0 Å². The Kier molecular flexibility index (Phi) is 10.0. The van der Waals surface area contributed by atoms with Crippen LogP contribution in [-0.4, -0.2) is 36.4 Å². The zero-order valence-electron chi connectivity index (χ0n) is 22.5. The summed E-state index contributed by atoms with van der Waals surface area (Å²) in [5, 5.41) is 10.4. The minimum absolute atomic E-state index is 0.221. The molecule has 1 amide bonds. The largest absolute Gasteiger partial charge is 0.489 e. The van der Waals surface area contributed by atoms with E-state index in [2.05, 4.69) is 21.2 Å². The summed E-state index contributed by atoms with van der Waals surface area (Å²) in [5.74, 6) is -0.269. The molecule has 1 heterocycles. The number of carbonyl (C=O) groups excluding carboxylic acids is 2. The molecule has 3 N–H and O–H groups in total. The number of amides is 1. The molecule has 1 aliphatic heterocycles. The number of nitrogens with one attached hydrogen (secondary N) is 3. The van der Waals surface area contributed by atoms with Gasteiger partial charge >= 0.3 is 5.97 Å². The number of halogens is 1. The van der Waals surface area contributed by atoms with Crippen molar-refractivity contribution in [2.24, 2.45) is 5.10 Å². The SMILES string of the molecule is CCOC(=O)C1=C(C)NC(=S)N[C@@H]1c1ccccc1OCC(=O)NN=Cc1cccc(OCc2ccc(F)cc2)c1. The van der Waals surface area contributed by atoms with Gasteiger partial charge in [0.1, 0.15) is 23.9 Å². The van der Waals surface area contributed by atoms with Gasteiger partial charge in [0.25, 0.3) is 5.91 Å². The first-order valence-corrected chi connectivity index (χ1v) is 13.2. The maximum atomic E-state index is 13.1. The van der Waals surface area contributed by atoms with Crippen LogP contribution in [0, 0.1) is 5.82 Å². The van der Waals surface area contributed by atoms with Gasteiger partial charge in [0.2, 0.25) is 0 Å². The van der Waals surface area contributed by atoms with E-state index in [1.54, 1.807) is 74.5 Å². The first-order chi connectivity index (χ1) is 19.8. The molecule has 9 nitrogen and oxygen atoms in total. The number of hydrogen-bond donors (Lipinski definition) is 3. The Balaban J connectivity index is 1.35. The predicted octanol–water partition coefficient (Wildman–Crippen LogP) is 4.29. The topological polar surface area (TPSA) is 110 Å². The van der Waals surface area contributed by atoms with Gasteiger partial charge in [-0.15, -0.1) is 0 Å². The normalized spacial score (nSPS) is 14.7. The second-order valence-corrected chi connectivity index (χ2v) is 9.31. The van der Waals surface area contributed by atoms with Crippen molar-refractivity contribution in [3.8, 4) is 11.5 Å². The third kappa shape index (κ3) is 8.12. The number of ether oxygens (including phenoxy) is 3. The Morgan fingerprint density at radius 3 is 2.63 bits per heavy atom. The summed E-state index contributed by atoms with van der Waals surface area (Å²) in [6.45, 7) is 3.66. The van der Waals surface area contributed by atoms with Crippen LogP contribution in [0.2, 0.25) is 0 Å². The van der Waals surface area contributed by atoms with E-state index in [0.29, 0.717) is 39.0 Å². The van der Waals surface area contributed by atoms with Crippen molar-refractivity contribution in [2.75, 3.05) is 13.2 Å². The Labute approximate surface area is 242 Å². The molecule has 3 aromatic carbocycles. The Hall–Kier alpha value is -4.77. The van der Waals surface area contributed by atoms with E-state index in [4.69, 9.17) is 26.4 Å². The van der Waals surface area contributed by atoms with Crippen molar-refractivity contribution in [2.45, 2.75) is 26.5 Å². The lowest BCUT2D eigenvalue weighted by Crippen LogP contribution is -2.45. The summed E-state index contributed by atoms with van der Waals surface area (Å²) in [5.41, 5.74) is 5.54. The lowest BCUT2D eigenvalue weighted by Gasteiger charge is -2.30. The fraction of sp³-hybridized carbons (Fsp3) is 0.200. The molecule has 4 rings (SSSR count). The molecule has 0 saturated heterocycles. The zero-order chi connectivity index (χ0) is 29.2. The third-order valence-electron chi connectivity index (χ3n) is 5.93. The van der Waals surface area contributed by atoms with Gasteiger partial charge in [0.15, 0.2) is 11.7 Å². The zero-order valence-corrected chi connectivity index (χ0v) is 23.3. The van der Waals surface area contributed by atoms with Gasteiger partial charge in [0, 0.05) is 11.3 Å². The average Bonchev–Trinajstić information content (AvgIpc) is 2.96. The first-order valence-electron chi connectivity index (χ1n) is 12.8. The molecule has 0 fully saturated rings. The molecule has 0 aromatic heterocycles. The monoisotopic (exact) mass is 576 g/mol. The molecule has 0 bridgehead atoms. The van der Waals surface area contributed by atoms with Gasteiger partial charge in [-0.3, -0.25) is 4.79 Å². The first kappa shape index (κ1) is 29.2. The molecule has 0 spiro atoms. The number of nitrogens with zero attached hydrogens (tertiary/aromatic N) is 1. The van der Waals surface area contributed by atoms with Crippen LogP contribution in [0.1, 0.15) is 36.6 Å². The smallest absolute Gasteiger partial charge is 0.338 e. The molecular weight excluding hydrogens is 547 g/mol. The van der Waals surface area contributed by atoms with Gasteiger partial charge < -0.3 is 24.8 Å². The molecule has 41 heavy (non-hydrogen) atoms. The third-order valence-corrected chi connectivity index (χ3v) is 6.15. The summed E-state index contributed by atoms with van der Waals surface area (Å²) < 4.78 is 29.9. The number of benzene rings is 3. The number of thiocarbonyl (C=S) groups is 1. The maximum Gasteiger partial charge on any atom is 0.338 e. The Morgan fingerprint density at radius 2 is 1.85 bits per heavy atom. The highest BCUT2D eigenvalue weighted by atomic mass is 32.1. The number of para-hydroxylation sites is 1. The van der Waals surface area contributed by atoms with Crippen molar-refractivity contribution >= 4 is 35.4 Å². The number of allylic oxidation sites excluding steroid dienone is 1. The van der Waals surface area contributed by atoms with Crippen LogP contribution >= 0.6 is 12.2 Å². The molecule has 11 heteroatoms. The van der Waals surface area contributed by atoms with Crippen LogP contribution in [-0.2, 0) is 20.9 Å². The molecular formula is C30H29FN4O5S. The van der Waals surface area contributed by atoms with Crippen LogP contribution in [0.25, 0.3) is 0 Å². The summed E-state index contributed by atoms with van der Waals surface area (Å²) in [4.78, 5) is 25.2. The summed E-state index contributed by atoms with van der Waals surface area (Å²) in [6, 6.07) is 19.7. The van der Waals surface area contributed by atoms with Crippen LogP contribution in [0.5, 0.6) is 11.5 Å². The number of esters is 1. The predicted molar refractivity (Wildman–Crippen MR) is 156 cm³/mol. The fourth-order valence-electron chi connectivity index (χ4n) is 4.04. The minimum atomic E-state index is -0.627. The van der Waals surface area contributed by atoms with Crippen LogP contribution in [0.15, 0.2) is 89.2 Å². The summed E-state index contributed by atoms with van der Waals surface area (Å²) in [6.07, 6.45) is 1.48. The molecule has 0 unspecified atom stereocenters. The van der Waals surface area contributed by atoms with Gasteiger partial charge in [-0.2, -0.15) is 5.10 Å². The van der Waals surface area contributed by atoms with E-state index in [0.717, 1.165) is 5.56 Å². The molecule has 1 atom stereocenters. The standard InChI is InChI=1S/C30H29FN4O5S/c1-3-38-29(37)27-19(2)33-30(41)34-28(27)24-9-4-5-10-25(24)40-18-26(36)35-32-16-21-7-6-8-23(15-21)39-17-20-11-13-22(31)14-12-20/h4-16,28H,3,17-18H2,1-2H3,(H,35,36)(H2,33,34,41)/t28-/m1/s1. The Bertz CT molecular complexity index is 1480. The number of hydrazone groups is 1. The molecule has 212 valence electrons. The van der Waals surface area contributed by atoms with E-state index in [1.807, 2.05) is 0 Å². The summed E-state index contributed by atoms with van der Waals surface area (Å²) >= 11 is 5.30. The fourth-order valence-corrected chi connectivity index (χ4v) is 4.31. The highest BCUT2D eigenvalue weighted by molar-refractivity contribution is 7.80. The van der Waals surface area contributed by atoms with Crippen molar-refractivity contribution in [3.63, 3.8) is 0 Å². The number of carbonyl (C=O) groups is 2. The van der Waals surface area contributed by atoms with E-state index < -0.39 is 17.9 Å². The van der Waals surface area contributed by atoms with Crippen molar-refractivity contribution in [1.82, 2.24) is 16.1 Å². The van der Waals surface area contributed by atoms with Crippen molar-refractivity contribution in [3.05, 3.63) is 107 Å². The van der Waals surface area contributed by atoms with Crippen LogP contribution in [0.4, 0.5) is 4.39 Å². The van der Waals surface area contributed by atoms with E-state index in [9.17, 15) is 14.0 Å². The van der Waals surface area contributed by atoms with E-state index in [-0.39, 0.29) is 25.6 Å². The van der Waals surface area contributed by atoms with Gasteiger partial charge in [-0.1, -0.05) is 42.5 Å². The highest BCUT2D eigenvalue weighted by Gasteiger charge is 2.32.